The summed E-state index contributed by atoms with van der Waals surface area (Å²) in [6.45, 7) is -0.264. The van der Waals surface area contributed by atoms with Crippen LogP contribution < -0.4 is 0 Å². The number of esters is 1. The van der Waals surface area contributed by atoms with E-state index in [1.165, 1.54) is 7.05 Å². The number of hydrogen-bond acceptors (Lipinski definition) is 9. The van der Waals surface area contributed by atoms with E-state index in [0.29, 0.717) is 0 Å². The molecular weight excluding hydrogens is 342 g/mol. The SMILES string of the molecule is CN(CCOC(=O)c1ncc([N+](=O)[O-])[nH]1)C(=O)c1ncc([N+](=O)[O-])[nH]1. The molecule has 0 aliphatic heterocycles. The van der Waals surface area contributed by atoms with Gasteiger partial charge in [-0.15, -0.1) is 0 Å². The zero-order valence-corrected chi connectivity index (χ0v) is 12.7. The molecule has 0 saturated carbocycles. The van der Waals surface area contributed by atoms with Gasteiger partial charge in [-0.05, 0) is 9.85 Å². The molecule has 0 fully saturated rings. The number of aromatic nitrogens is 4. The first-order chi connectivity index (χ1) is 11.8. The van der Waals surface area contributed by atoms with E-state index >= 15 is 0 Å². The Morgan fingerprint density at radius 1 is 1.12 bits per heavy atom. The second-order valence-corrected chi connectivity index (χ2v) is 4.61. The van der Waals surface area contributed by atoms with Crippen LogP contribution in [0.1, 0.15) is 21.2 Å². The third-order valence-corrected chi connectivity index (χ3v) is 2.92. The van der Waals surface area contributed by atoms with Crippen molar-refractivity contribution in [2.75, 3.05) is 20.2 Å². The molecule has 2 rings (SSSR count). The van der Waals surface area contributed by atoms with Crippen LogP contribution in [0.5, 0.6) is 0 Å². The number of carbonyl (C=O) groups is 2. The minimum atomic E-state index is -0.928. The number of imidazole rings is 2. The standard InChI is InChI=1S/C11H11N7O7/c1-16(10(19)8-12-4-6(14-8)17(21)22)2-3-25-11(20)9-13-5-7(15-9)18(23)24/h4-5H,2-3H2,1H3,(H,12,14)(H,13,15). The number of aromatic amines is 2. The average Bonchev–Trinajstić information content (AvgIpc) is 3.23. The molecule has 0 aromatic carbocycles. The molecule has 2 heterocycles. The van der Waals surface area contributed by atoms with Crippen LogP contribution in [0.4, 0.5) is 11.6 Å². The van der Waals surface area contributed by atoms with Gasteiger partial charge in [-0.25, -0.2) is 24.7 Å². The number of likely N-dealkylation sites (N-methyl/N-ethyl adjacent to an activating group) is 1. The van der Waals surface area contributed by atoms with Crippen molar-refractivity contribution in [2.45, 2.75) is 0 Å². The van der Waals surface area contributed by atoms with Crippen LogP contribution in [0.3, 0.4) is 0 Å². The van der Waals surface area contributed by atoms with Gasteiger partial charge in [0.1, 0.15) is 19.0 Å². The van der Waals surface area contributed by atoms with E-state index < -0.39 is 33.4 Å². The number of carbonyl (C=O) groups excluding carboxylic acids is 2. The summed E-state index contributed by atoms with van der Waals surface area (Å²) in [5, 5.41) is 21.0. The van der Waals surface area contributed by atoms with Crippen LogP contribution >= 0.6 is 0 Å². The smallest absolute Gasteiger partial charge is 0.399 e. The fourth-order valence-corrected chi connectivity index (χ4v) is 1.65. The van der Waals surface area contributed by atoms with Crippen molar-refractivity contribution in [3.8, 4) is 0 Å². The Morgan fingerprint density at radius 2 is 1.64 bits per heavy atom. The van der Waals surface area contributed by atoms with Crippen LogP contribution in [0, 0.1) is 20.2 Å². The Morgan fingerprint density at radius 3 is 2.16 bits per heavy atom. The number of rotatable bonds is 7. The van der Waals surface area contributed by atoms with Crippen molar-refractivity contribution in [3.63, 3.8) is 0 Å². The molecule has 0 radical (unpaired) electrons. The van der Waals surface area contributed by atoms with Crippen LogP contribution in [0.25, 0.3) is 0 Å². The Labute approximate surface area is 138 Å². The molecular formula is C11H11N7O7. The van der Waals surface area contributed by atoms with Gasteiger partial charge < -0.3 is 29.9 Å². The fourth-order valence-electron chi connectivity index (χ4n) is 1.65. The predicted octanol–water partition coefficient (Wildman–Crippen LogP) is -0.122. The lowest BCUT2D eigenvalue weighted by atomic mass is 10.5. The summed E-state index contributed by atoms with van der Waals surface area (Å²) in [7, 11) is 1.38. The van der Waals surface area contributed by atoms with Gasteiger partial charge in [0.25, 0.3) is 5.82 Å². The van der Waals surface area contributed by atoms with Crippen molar-refractivity contribution in [3.05, 3.63) is 44.3 Å². The topological polar surface area (TPSA) is 190 Å². The number of nitrogens with one attached hydrogen (secondary N) is 2. The molecule has 1 amide bonds. The van der Waals surface area contributed by atoms with Gasteiger partial charge >= 0.3 is 29.3 Å². The van der Waals surface area contributed by atoms with Gasteiger partial charge in [-0.2, -0.15) is 0 Å². The van der Waals surface area contributed by atoms with Crippen LogP contribution in [-0.2, 0) is 4.74 Å². The highest BCUT2D eigenvalue weighted by atomic mass is 16.6. The van der Waals surface area contributed by atoms with E-state index in [9.17, 15) is 29.8 Å². The maximum absolute atomic E-state index is 12.0. The summed E-state index contributed by atoms with van der Waals surface area (Å²) in [6.07, 6.45) is 1.78. The van der Waals surface area contributed by atoms with Gasteiger partial charge in [-0.3, -0.25) is 4.79 Å². The van der Waals surface area contributed by atoms with E-state index in [1.807, 2.05) is 0 Å². The molecule has 2 N–H and O–H groups in total. The summed E-state index contributed by atoms with van der Waals surface area (Å²) in [6, 6.07) is 0. The molecule has 2 aromatic rings. The highest BCUT2D eigenvalue weighted by molar-refractivity contribution is 5.90. The van der Waals surface area contributed by atoms with E-state index in [1.54, 1.807) is 0 Å². The Bertz CT molecular complexity index is 826. The number of hydrogen-bond donors (Lipinski definition) is 2. The lowest BCUT2D eigenvalue weighted by Gasteiger charge is -2.13. The summed E-state index contributed by atoms with van der Waals surface area (Å²) in [5.74, 6) is -3.04. The van der Waals surface area contributed by atoms with Crippen molar-refractivity contribution >= 4 is 23.5 Å². The van der Waals surface area contributed by atoms with Gasteiger partial charge in [0.2, 0.25) is 0 Å². The van der Waals surface area contributed by atoms with E-state index in [0.717, 1.165) is 17.3 Å². The molecule has 25 heavy (non-hydrogen) atoms. The van der Waals surface area contributed by atoms with Crippen LogP contribution in [0.2, 0.25) is 0 Å². The van der Waals surface area contributed by atoms with E-state index in [4.69, 9.17) is 4.74 Å². The summed E-state index contributed by atoms with van der Waals surface area (Å²) in [4.78, 5) is 55.8. The first kappa shape index (κ1) is 17.5. The highest BCUT2D eigenvalue weighted by Gasteiger charge is 2.22. The fraction of sp³-hybridized carbons (Fsp3) is 0.273. The molecule has 0 aliphatic carbocycles. The number of nitrogens with zero attached hydrogens (tertiary/aromatic N) is 5. The van der Waals surface area contributed by atoms with Gasteiger partial charge in [0.05, 0.1) is 6.54 Å². The molecule has 0 atom stereocenters. The molecule has 0 saturated heterocycles. The third kappa shape index (κ3) is 4.12. The quantitative estimate of drug-likeness (QED) is 0.388. The number of ether oxygens (including phenoxy) is 1. The van der Waals surface area contributed by atoms with Gasteiger partial charge in [0, 0.05) is 7.05 Å². The predicted molar refractivity (Wildman–Crippen MR) is 77.7 cm³/mol. The molecule has 0 spiro atoms. The Balaban J connectivity index is 1.85. The molecule has 0 unspecified atom stereocenters. The molecule has 132 valence electrons. The zero-order chi connectivity index (χ0) is 18.6. The Kier molecular flexibility index (Phi) is 5.01. The maximum Gasteiger partial charge on any atom is 0.399 e. The van der Waals surface area contributed by atoms with Crippen LogP contribution in [-0.4, -0.2) is 66.8 Å². The molecule has 0 aliphatic rings. The second-order valence-electron chi connectivity index (χ2n) is 4.61. The summed E-state index contributed by atoms with van der Waals surface area (Å²) >= 11 is 0. The lowest BCUT2D eigenvalue weighted by Crippen LogP contribution is -2.31. The molecule has 14 nitrogen and oxygen atoms in total. The monoisotopic (exact) mass is 353 g/mol. The van der Waals surface area contributed by atoms with Crippen molar-refractivity contribution in [1.29, 1.82) is 0 Å². The number of amides is 1. The number of H-pyrrole nitrogens is 2. The van der Waals surface area contributed by atoms with Crippen molar-refractivity contribution in [2.24, 2.45) is 0 Å². The van der Waals surface area contributed by atoms with Gasteiger partial charge in [-0.1, -0.05) is 0 Å². The minimum Gasteiger partial charge on any atom is -0.456 e. The first-order valence-corrected chi connectivity index (χ1v) is 6.61. The normalized spacial score (nSPS) is 10.3. The van der Waals surface area contributed by atoms with E-state index in [-0.39, 0.29) is 24.8 Å². The highest BCUT2D eigenvalue weighted by Crippen LogP contribution is 2.09. The number of nitro groups is 2. The zero-order valence-electron chi connectivity index (χ0n) is 12.7. The summed E-state index contributed by atoms with van der Waals surface area (Å²) in [5.41, 5.74) is 0. The van der Waals surface area contributed by atoms with Gasteiger partial charge in [0.15, 0.2) is 0 Å². The largest absolute Gasteiger partial charge is 0.456 e. The molecule has 2 aromatic heterocycles. The van der Waals surface area contributed by atoms with Crippen LogP contribution in [0.15, 0.2) is 12.4 Å². The lowest BCUT2D eigenvalue weighted by molar-refractivity contribution is -0.389. The average molecular weight is 353 g/mol. The third-order valence-electron chi connectivity index (χ3n) is 2.92. The second kappa shape index (κ2) is 7.16. The van der Waals surface area contributed by atoms with Crippen molar-refractivity contribution < 1.29 is 24.2 Å². The minimum absolute atomic E-state index is 0.0398. The first-order valence-electron chi connectivity index (χ1n) is 6.61. The van der Waals surface area contributed by atoms with E-state index in [2.05, 4.69) is 19.9 Å². The molecule has 0 bridgehead atoms. The maximum atomic E-state index is 12.0. The Hall–Kier alpha value is -3.84. The molecule has 14 heteroatoms. The summed E-state index contributed by atoms with van der Waals surface area (Å²) < 4.78 is 4.83. The van der Waals surface area contributed by atoms with Crippen molar-refractivity contribution in [1.82, 2.24) is 24.8 Å².